The lowest BCUT2D eigenvalue weighted by Gasteiger charge is -2.19. The summed E-state index contributed by atoms with van der Waals surface area (Å²) >= 11 is 1.31. The van der Waals surface area contributed by atoms with E-state index in [-0.39, 0.29) is 24.0 Å². The lowest BCUT2D eigenvalue weighted by Crippen LogP contribution is -2.36. The van der Waals surface area contributed by atoms with E-state index in [9.17, 15) is 17.6 Å². The van der Waals surface area contributed by atoms with Crippen molar-refractivity contribution in [1.29, 1.82) is 0 Å². The van der Waals surface area contributed by atoms with Crippen molar-refractivity contribution in [2.75, 3.05) is 23.1 Å². The van der Waals surface area contributed by atoms with Crippen LogP contribution in [0.2, 0.25) is 0 Å². The molecule has 1 aliphatic rings. The van der Waals surface area contributed by atoms with Gasteiger partial charge < -0.3 is 5.32 Å². The maximum Gasteiger partial charge on any atom is 0.261 e. The number of para-hydroxylation sites is 1. The van der Waals surface area contributed by atoms with Crippen molar-refractivity contribution < 1.29 is 17.6 Å². The van der Waals surface area contributed by atoms with Gasteiger partial charge in [-0.1, -0.05) is 30.3 Å². The van der Waals surface area contributed by atoms with Crippen LogP contribution in [0.15, 0.2) is 54.6 Å². The molecule has 0 unspecified atom stereocenters. The van der Waals surface area contributed by atoms with Gasteiger partial charge in [0.15, 0.2) is 0 Å². The van der Waals surface area contributed by atoms with E-state index in [2.05, 4.69) is 5.32 Å². The molecule has 4 rings (SSSR count). The van der Waals surface area contributed by atoms with Gasteiger partial charge in [-0.15, -0.1) is 11.3 Å². The van der Waals surface area contributed by atoms with Gasteiger partial charge >= 0.3 is 0 Å². The maximum absolute atomic E-state index is 13.2. The average molecular weight is 445 g/mol. The van der Waals surface area contributed by atoms with E-state index in [0.717, 1.165) is 27.3 Å². The first-order valence-electron chi connectivity index (χ1n) is 9.58. The molecular formula is C22H21FN2O3S2. The predicted octanol–water partition coefficient (Wildman–Crippen LogP) is 3.98. The quantitative estimate of drug-likeness (QED) is 0.625. The van der Waals surface area contributed by atoms with Gasteiger partial charge in [0.2, 0.25) is 10.0 Å². The number of amides is 1. The third kappa shape index (κ3) is 4.11. The number of hydrogen-bond acceptors (Lipinski definition) is 4. The molecule has 0 fully saturated rings. The molecule has 0 saturated carbocycles. The van der Waals surface area contributed by atoms with E-state index in [1.54, 1.807) is 18.2 Å². The predicted molar refractivity (Wildman–Crippen MR) is 118 cm³/mol. The largest absolute Gasteiger partial charge is 0.350 e. The van der Waals surface area contributed by atoms with Crippen LogP contribution >= 0.6 is 11.3 Å². The number of rotatable bonds is 6. The van der Waals surface area contributed by atoms with Gasteiger partial charge in [-0.05, 0) is 54.3 Å². The highest BCUT2D eigenvalue weighted by atomic mass is 32.2. The van der Waals surface area contributed by atoms with Crippen LogP contribution in [0.5, 0.6) is 0 Å². The standard InChI is InChI=1S/C22H21FN2O3S2/c1-15-14-20(29-21(15)17-6-8-18(23)9-7-17)22(26)24-11-13-30(27,28)25-12-10-16-4-2-3-5-19(16)25/h2-9,14H,10-13H2,1H3,(H,24,26). The fourth-order valence-corrected chi connectivity index (χ4v) is 6.09. The number of hydrogen-bond donors (Lipinski definition) is 1. The molecule has 0 radical (unpaired) electrons. The van der Waals surface area contributed by atoms with Gasteiger partial charge in [0.05, 0.1) is 16.3 Å². The molecule has 2 aromatic carbocycles. The lowest BCUT2D eigenvalue weighted by molar-refractivity contribution is 0.0960. The highest BCUT2D eigenvalue weighted by molar-refractivity contribution is 7.92. The van der Waals surface area contributed by atoms with Crippen LogP contribution in [-0.4, -0.2) is 33.2 Å². The third-order valence-corrected chi connectivity index (χ3v) is 8.13. The average Bonchev–Trinajstić information content (AvgIpc) is 3.33. The zero-order valence-electron chi connectivity index (χ0n) is 16.4. The molecule has 1 N–H and O–H groups in total. The second-order valence-electron chi connectivity index (χ2n) is 7.15. The number of carbonyl (C=O) groups is 1. The molecule has 30 heavy (non-hydrogen) atoms. The molecule has 5 nitrogen and oxygen atoms in total. The first kappa shape index (κ1) is 20.6. The number of benzene rings is 2. The number of thiophene rings is 1. The minimum atomic E-state index is -3.51. The van der Waals surface area contributed by atoms with Crippen LogP contribution in [0.1, 0.15) is 20.8 Å². The van der Waals surface area contributed by atoms with Crippen molar-refractivity contribution in [3.05, 3.63) is 76.4 Å². The number of nitrogens with zero attached hydrogens (tertiary/aromatic N) is 1. The molecule has 0 aliphatic carbocycles. The molecule has 1 aromatic heterocycles. The monoisotopic (exact) mass is 444 g/mol. The summed E-state index contributed by atoms with van der Waals surface area (Å²) in [5, 5.41) is 2.71. The van der Waals surface area contributed by atoms with E-state index in [1.165, 1.54) is 27.8 Å². The molecule has 0 bridgehead atoms. The SMILES string of the molecule is Cc1cc(C(=O)NCCS(=O)(=O)N2CCc3ccccc32)sc1-c1ccc(F)cc1. The van der Waals surface area contributed by atoms with Gasteiger partial charge in [-0.2, -0.15) is 0 Å². The number of sulfonamides is 1. The van der Waals surface area contributed by atoms with Crippen molar-refractivity contribution >= 4 is 33.0 Å². The Hall–Kier alpha value is -2.71. The fraction of sp³-hybridized carbons (Fsp3) is 0.227. The van der Waals surface area contributed by atoms with E-state index < -0.39 is 10.0 Å². The summed E-state index contributed by atoms with van der Waals surface area (Å²) in [6, 6.07) is 15.4. The summed E-state index contributed by atoms with van der Waals surface area (Å²) in [5.41, 5.74) is 3.50. The van der Waals surface area contributed by atoms with Crippen LogP contribution in [0.3, 0.4) is 0 Å². The van der Waals surface area contributed by atoms with Crippen LogP contribution < -0.4 is 9.62 Å². The normalized spacial score (nSPS) is 13.3. The molecule has 2 heterocycles. The molecule has 1 amide bonds. The zero-order chi connectivity index (χ0) is 21.3. The molecule has 8 heteroatoms. The number of nitrogens with one attached hydrogen (secondary N) is 1. The Morgan fingerprint density at radius 2 is 1.90 bits per heavy atom. The van der Waals surface area contributed by atoms with Gasteiger partial charge in [0, 0.05) is 18.0 Å². The minimum absolute atomic E-state index is 0.0304. The Morgan fingerprint density at radius 3 is 2.67 bits per heavy atom. The van der Waals surface area contributed by atoms with Gasteiger partial charge in [0.25, 0.3) is 5.91 Å². The summed E-state index contributed by atoms with van der Waals surface area (Å²) in [6.45, 7) is 2.35. The number of aryl methyl sites for hydroxylation is 1. The van der Waals surface area contributed by atoms with Crippen LogP contribution in [-0.2, 0) is 16.4 Å². The maximum atomic E-state index is 13.2. The van der Waals surface area contributed by atoms with Gasteiger partial charge in [-0.3, -0.25) is 9.10 Å². The Bertz CT molecular complexity index is 1190. The topological polar surface area (TPSA) is 66.5 Å². The molecular weight excluding hydrogens is 423 g/mol. The second-order valence-corrected chi connectivity index (χ2v) is 10.2. The number of carbonyl (C=O) groups excluding carboxylic acids is 1. The summed E-state index contributed by atoms with van der Waals surface area (Å²) in [6.07, 6.45) is 0.697. The van der Waals surface area contributed by atoms with Crippen LogP contribution in [0, 0.1) is 12.7 Å². The Morgan fingerprint density at radius 1 is 1.17 bits per heavy atom. The minimum Gasteiger partial charge on any atom is -0.350 e. The molecule has 0 saturated heterocycles. The molecule has 0 atom stereocenters. The molecule has 3 aromatic rings. The highest BCUT2D eigenvalue weighted by Crippen LogP contribution is 2.33. The highest BCUT2D eigenvalue weighted by Gasteiger charge is 2.28. The smallest absolute Gasteiger partial charge is 0.261 e. The fourth-order valence-electron chi connectivity index (χ4n) is 3.57. The number of fused-ring (bicyclic) bond motifs is 1. The Balaban J connectivity index is 1.40. The van der Waals surface area contributed by atoms with Crippen LogP contribution in [0.4, 0.5) is 10.1 Å². The number of anilines is 1. The lowest BCUT2D eigenvalue weighted by atomic mass is 10.1. The van der Waals surface area contributed by atoms with E-state index in [0.29, 0.717) is 17.8 Å². The summed E-state index contributed by atoms with van der Waals surface area (Å²) < 4.78 is 40.0. The van der Waals surface area contributed by atoms with E-state index in [1.807, 2.05) is 31.2 Å². The zero-order valence-corrected chi connectivity index (χ0v) is 18.0. The van der Waals surface area contributed by atoms with Gasteiger partial charge in [0.1, 0.15) is 5.82 Å². The summed E-state index contributed by atoms with van der Waals surface area (Å²) in [4.78, 5) is 13.9. The third-order valence-electron chi connectivity index (χ3n) is 5.07. The first-order valence-corrected chi connectivity index (χ1v) is 12.0. The van der Waals surface area contributed by atoms with Crippen molar-refractivity contribution in [3.63, 3.8) is 0 Å². The second kappa shape index (κ2) is 8.20. The molecule has 0 spiro atoms. The summed E-state index contributed by atoms with van der Waals surface area (Å²) in [5.74, 6) is -0.788. The molecule has 1 aliphatic heterocycles. The van der Waals surface area contributed by atoms with E-state index >= 15 is 0 Å². The van der Waals surface area contributed by atoms with Crippen molar-refractivity contribution in [2.24, 2.45) is 0 Å². The first-order chi connectivity index (χ1) is 14.3. The Labute approximate surface area is 179 Å². The summed E-state index contributed by atoms with van der Waals surface area (Å²) in [7, 11) is -3.51. The van der Waals surface area contributed by atoms with Crippen molar-refractivity contribution in [3.8, 4) is 10.4 Å². The van der Waals surface area contributed by atoms with Crippen molar-refractivity contribution in [1.82, 2.24) is 5.32 Å². The van der Waals surface area contributed by atoms with Crippen molar-refractivity contribution in [2.45, 2.75) is 13.3 Å². The van der Waals surface area contributed by atoms with Gasteiger partial charge in [-0.25, -0.2) is 12.8 Å². The molecule has 156 valence electrons. The Kier molecular flexibility index (Phi) is 5.62. The number of halogens is 1. The van der Waals surface area contributed by atoms with E-state index in [4.69, 9.17) is 0 Å². The van der Waals surface area contributed by atoms with Crippen LogP contribution in [0.25, 0.3) is 10.4 Å².